The van der Waals surface area contributed by atoms with Crippen molar-refractivity contribution in [3.8, 4) is 0 Å². The van der Waals surface area contributed by atoms with Gasteiger partial charge < -0.3 is 9.73 Å². The Hall–Kier alpha value is -3.65. The van der Waals surface area contributed by atoms with Gasteiger partial charge in [-0.25, -0.2) is 0 Å². The minimum Gasteiger partial charge on any atom is -0.455 e. The van der Waals surface area contributed by atoms with Crippen LogP contribution in [0.3, 0.4) is 0 Å². The molecule has 0 radical (unpaired) electrons. The van der Waals surface area contributed by atoms with Crippen LogP contribution < -0.4 is 10.7 Å². The van der Waals surface area contributed by atoms with Crippen LogP contribution in [0.25, 0.3) is 0 Å². The summed E-state index contributed by atoms with van der Waals surface area (Å²) in [6.45, 7) is 1.83. The van der Waals surface area contributed by atoms with E-state index < -0.39 is 4.92 Å². The number of nitrogens with zero attached hydrogens (tertiary/aromatic N) is 2. The number of nitro benzene ring substituents is 1. The highest BCUT2D eigenvalue weighted by Crippen LogP contribution is 2.31. The van der Waals surface area contributed by atoms with Gasteiger partial charge >= 0.3 is 0 Å². The van der Waals surface area contributed by atoms with Crippen LogP contribution >= 0.6 is 11.6 Å². The van der Waals surface area contributed by atoms with Crippen LogP contribution in [0.2, 0.25) is 5.02 Å². The molecule has 1 heterocycles. The van der Waals surface area contributed by atoms with Crippen molar-refractivity contribution < 1.29 is 14.1 Å². The van der Waals surface area contributed by atoms with Crippen LogP contribution in [0, 0.1) is 17.0 Å². The van der Waals surface area contributed by atoms with E-state index in [0.717, 1.165) is 29.9 Å². The summed E-state index contributed by atoms with van der Waals surface area (Å²) in [5, 5.41) is 18.5. The monoisotopic (exact) mass is 438 g/mol. The van der Waals surface area contributed by atoms with E-state index in [0.29, 0.717) is 28.4 Å². The number of nitrogens with one attached hydrogen (secondary N) is 2. The number of para-hydroxylation sites is 1. The molecule has 2 aromatic carbocycles. The van der Waals surface area contributed by atoms with Gasteiger partial charge in [0.05, 0.1) is 27.0 Å². The standard InChI is InChI=1S/C22H19ClN4O4/c1-13-20-18(26-25-14-9-11-15(12-10-14)27(29)30)7-4-8-19(20)31-21(13)22(28)24-17-6-3-2-5-16(17)23/h2-3,5-6,9-12,25H,4,7-8H2,1H3,(H,24,28)/b26-18+. The van der Waals surface area contributed by atoms with E-state index in [1.54, 1.807) is 36.4 Å². The highest BCUT2D eigenvalue weighted by atomic mass is 35.5. The van der Waals surface area contributed by atoms with Crippen LogP contribution in [0.5, 0.6) is 0 Å². The Balaban J connectivity index is 1.58. The Morgan fingerprint density at radius 3 is 2.61 bits per heavy atom. The topological polar surface area (TPSA) is 110 Å². The average Bonchev–Trinajstić information content (AvgIpc) is 3.11. The van der Waals surface area contributed by atoms with Crippen LogP contribution in [0.1, 0.15) is 40.3 Å². The average molecular weight is 439 g/mol. The first-order valence-electron chi connectivity index (χ1n) is 9.69. The number of carbonyl (C=O) groups is 1. The maximum absolute atomic E-state index is 12.8. The van der Waals surface area contributed by atoms with Crippen LogP contribution in [0.4, 0.5) is 17.1 Å². The molecule has 0 saturated heterocycles. The quantitative estimate of drug-likeness (QED) is 0.400. The summed E-state index contributed by atoms with van der Waals surface area (Å²) < 4.78 is 5.90. The second-order valence-corrected chi connectivity index (χ2v) is 7.52. The van der Waals surface area contributed by atoms with Gasteiger partial charge in [0.1, 0.15) is 5.76 Å². The van der Waals surface area contributed by atoms with E-state index >= 15 is 0 Å². The summed E-state index contributed by atoms with van der Waals surface area (Å²) in [6, 6.07) is 13.0. The number of carbonyl (C=O) groups excluding carboxylic acids is 1. The number of furan rings is 1. The fourth-order valence-corrected chi connectivity index (χ4v) is 3.71. The predicted molar refractivity (Wildman–Crippen MR) is 119 cm³/mol. The van der Waals surface area contributed by atoms with Gasteiger partial charge in [-0.15, -0.1) is 0 Å². The van der Waals surface area contributed by atoms with Gasteiger partial charge in [-0.1, -0.05) is 23.7 Å². The Morgan fingerprint density at radius 1 is 1.16 bits per heavy atom. The molecule has 158 valence electrons. The number of rotatable bonds is 5. The minimum atomic E-state index is -0.451. The predicted octanol–water partition coefficient (Wildman–Crippen LogP) is 5.55. The number of hydrogen-bond acceptors (Lipinski definition) is 6. The first-order chi connectivity index (χ1) is 14.9. The van der Waals surface area contributed by atoms with Gasteiger partial charge in [-0.05, 0) is 44.0 Å². The van der Waals surface area contributed by atoms with Crippen molar-refractivity contribution in [1.82, 2.24) is 0 Å². The van der Waals surface area contributed by atoms with Crippen molar-refractivity contribution >= 4 is 40.3 Å². The highest BCUT2D eigenvalue weighted by Gasteiger charge is 2.28. The van der Waals surface area contributed by atoms with Gasteiger partial charge in [0.15, 0.2) is 5.76 Å². The molecular weight excluding hydrogens is 420 g/mol. The largest absolute Gasteiger partial charge is 0.455 e. The van der Waals surface area contributed by atoms with Crippen molar-refractivity contribution in [2.24, 2.45) is 5.10 Å². The van der Waals surface area contributed by atoms with Gasteiger partial charge in [0, 0.05) is 29.7 Å². The van der Waals surface area contributed by atoms with E-state index in [9.17, 15) is 14.9 Å². The van der Waals surface area contributed by atoms with E-state index in [4.69, 9.17) is 16.0 Å². The van der Waals surface area contributed by atoms with Gasteiger partial charge in [0.2, 0.25) is 0 Å². The molecule has 8 nitrogen and oxygen atoms in total. The molecule has 0 saturated carbocycles. The molecule has 2 N–H and O–H groups in total. The lowest BCUT2D eigenvalue weighted by molar-refractivity contribution is -0.384. The molecule has 0 aliphatic heterocycles. The number of amides is 1. The van der Waals surface area contributed by atoms with E-state index in [2.05, 4.69) is 15.8 Å². The molecule has 31 heavy (non-hydrogen) atoms. The highest BCUT2D eigenvalue weighted by molar-refractivity contribution is 6.33. The van der Waals surface area contributed by atoms with E-state index in [-0.39, 0.29) is 17.4 Å². The summed E-state index contributed by atoms with van der Waals surface area (Å²) in [4.78, 5) is 23.1. The number of non-ortho nitro benzene ring substituents is 1. The second kappa shape index (κ2) is 8.61. The van der Waals surface area contributed by atoms with Crippen molar-refractivity contribution in [1.29, 1.82) is 0 Å². The van der Waals surface area contributed by atoms with Gasteiger partial charge in [-0.2, -0.15) is 5.10 Å². The summed E-state index contributed by atoms with van der Waals surface area (Å²) in [5.74, 6) is 0.579. The number of aryl methyl sites for hydroxylation is 1. The lowest BCUT2D eigenvalue weighted by Crippen LogP contribution is -2.14. The Bertz CT molecular complexity index is 1180. The summed E-state index contributed by atoms with van der Waals surface area (Å²) in [5.41, 5.74) is 6.40. The maximum atomic E-state index is 12.8. The fourth-order valence-electron chi connectivity index (χ4n) is 3.53. The minimum absolute atomic E-state index is 0.0120. The zero-order valence-electron chi connectivity index (χ0n) is 16.6. The molecule has 3 aromatic rings. The number of nitro groups is 1. The first-order valence-corrected chi connectivity index (χ1v) is 10.1. The summed E-state index contributed by atoms with van der Waals surface area (Å²) in [7, 11) is 0. The fraction of sp³-hybridized carbons (Fsp3) is 0.182. The van der Waals surface area contributed by atoms with Gasteiger partial charge in [-0.3, -0.25) is 20.3 Å². The number of hydrazone groups is 1. The Morgan fingerprint density at radius 2 is 1.90 bits per heavy atom. The number of anilines is 2. The second-order valence-electron chi connectivity index (χ2n) is 7.12. The molecule has 0 bridgehead atoms. The molecule has 9 heteroatoms. The third kappa shape index (κ3) is 4.29. The molecule has 0 spiro atoms. The Kier molecular flexibility index (Phi) is 5.73. The number of benzene rings is 2. The summed E-state index contributed by atoms with van der Waals surface area (Å²) in [6.07, 6.45) is 2.28. The molecule has 4 rings (SSSR count). The van der Waals surface area contributed by atoms with Crippen LogP contribution in [-0.4, -0.2) is 16.5 Å². The van der Waals surface area contributed by atoms with Crippen LogP contribution in [-0.2, 0) is 6.42 Å². The van der Waals surface area contributed by atoms with Crippen molar-refractivity contribution in [2.45, 2.75) is 26.2 Å². The lowest BCUT2D eigenvalue weighted by Gasteiger charge is -2.13. The molecule has 0 unspecified atom stereocenters. The van der Waals surface area contributed by atoms with Gasteiger partial charge in [0.25, 0.3) is 11.6 Å². The SMILES string of the molecule is Cc1c(C(=O)Nc2ccccc2Cl)oc2c1/C(=N/Nc1ccc([N+](=O)[O-])cc1)CCC2. The zero-order valence-corrected chi connectivity index (χ0v) is 17.4. The zero-order chi connectivity index (χ0) is 22.0. The smallest absolute Gasteiger partial charge is 0.291 e. The van der Waals surface area contributed by atoms with Crippen LogP contribution in [0.15, 0.2) is 58.0 Å². The summed E-state index contributed by atoms with van der Waals surface area (Å²) >= 11 is 6.14. The number of fused-ring (bicyclic) bond motifs is 1. The lowest BCUT2D eigenvalue weighted by atomic mass is 9.93. The molecule has 0 fully saturated rings. The third-order valence-corrected chi connectivity index (χ3v) is 5.38. The molecule has 1 aliphatic rings. The molecule has 1 aromatic heterocycles. The van der Waals surface area contributed by atoms with Crippen molar-refractivity contribution in [3.63, 3.8) is 0 Å². The molecule has 1 aliphatic carbocycles. The van der Waals surface area contributed by atoms with Crippen molar-refractivity contribution in [3.05, 3.63) is 86.3 Å². The van der Waals surface area contributed by atoms with E-state index in [1.807, 2.05) is 6.92 Å². The Labute approximate surface area is 183 Å². The maximum Gasteiger partial charge on any atom is 0.291 e. The molecular formula is C22H19ClN4O4. The molecule has 0 atom stereocenters. The normalized spacial score (nSPS) is 14.2. The van der Waals surface area contributed by atoms with E-state index in [1.165, 1.54) is 12.1 Å². The number of halogens is 1. The third-order valence-electron chi connectivity index (χ3n) is 5.05. The first kappa shape index (κ1) is 20.6. The molecule has 1 amide bonds. The van der Waals surface area contributed by atoms with Crippen molar-refractivity contribution in [2.75, 3.05) is 10.7 Å². The number of hydrogen-bond donors (Lipinski definition) is 2.